The molecule has 1 aromatic carbocycles. The standard InChI is InChI=1S/C16H26N2/c1-11(2)16(17)9-18(10-16)8-15-13(4)6-12(3)7-14(15)5/h6-7,11H,8-10,17H2,1-5H3. The Kier molecular flexibility index (Phi) is 3.52. The van der Waals surface area contributed by atoms with Crippen molar-refractivity contribution in [1.82, 2.24) is 4.90 Å². The number of likely N-dealkylation sites (tertiary alicyclic amines) is 1. The van der Waals surface area contributed by atoms with E-state index in [1.807, 2.05) is 0 Å². The van der Waals surface area contributed by atoms with Gasteiger partial charge in [-0.15, -0.1) is 0 Å². The zero-order valence-corrected chi connectivity index (χ0v) is 12.4. The van der Waals surface area contributed by atoms with Crippen LogP contribution in [0.5, 0.6) is 0 Å². The van der Waals surface area contributed by atoms with Crippen LogP contribution in [-0.4, -0.2) is 23.5 Å². The van der Waals surface area contributed by atoms with E-state index in [0.29, 0.717) is 5.92 Å². The Bertz CT molecular complexity index is 419. The summed E-state index contributed by atoms with van der Waals surface area (Å²) in [4.78, 5) is 2.46. The molecule has 1 aliphatic rings. The summed E-state index contributed by atoms with van der Waals surface area (Å²) in [7, 11) is 0. The zero-order valence-electron chi connectivity index (χ0n) is 12.4. The molecule has 0 aromatic heterocycles. The first kappa shape index (κ1) is 13.6. The molecule has 0 amide bonds. The Labute approximate surface area is 111 Å². The summed E-state index contributed by atoms with van der Waals surface area (Å²) in [6.45, 7) is 14.1. The van der Waals surface area contributed by atoms with Gasteiger partial charge in [-0.3, -0.25) is 4.90 Å². The van der Waals surface area contributed by atoms with E-state index < -0.39 is 0 Å². The smallest absolute Gasteiger partial charge is 0.0435 e. The predicted octanol–water partition coefficient (Wildman–Crippen LogP) is 2.78. The number of aryl methyl sites for hydroxylation is 3. The Balaban J connectivity index is 2.05. The number of hydrogen-bond donors (Lipinski definition) is 1. The van der Waals surface area contributed by atoms with Crippen LogP contribution in [0.3, 0.4) is 0 Å². The van der Waals surface area contributed by atoms with Crippen LogP contribution in [0.2, 0.25) is 0 Å². The summed E-state index contributed by atoms with van der Waals surface area (Å²) < 4.78 is 0. The number of hydrogen-bond acceptors (Lipinski definition) is 2. The molecule has 2 nitrogen and oxygen atoms in total. The molecule has 0 atom stereocenters. The summed E-state index contributed by atoms with van der Waals surface area (Å²) in [5.41, 5.74) is 12.0. The molecule has 18 heavy (non-hydrogen) atoms. The molecule has 1 aromatic rings. The minimum absolute atomic E-state index is 0.0342. The first-order valence-corrected chi connectivity index (χ1v) is 6.90. The van der Waals surface area contributed by atoms with Crippen LogP contribution >= 0.6 is 0 Å². The lowest BCUT2D eigenvalue weighted by Gasteiger charge is -2.50. The molecule has 0 unspecified atom stereocenters. The lowest BCUT2D eigenvalue weighted by molar-refractivity contribution is 0.0310. The molecule has 1 aliphatic heterocycles. The second-order valence-corrected chi connectivity index (χ2v) is 6.41. The fourth-order valence-electron chi connectivity index (χ4n) is 2.95. The van der Waals surface area contributed by atoms with Crippen LogP contribution in [-0.2, 0) is 6.54 Å². The number of benzene rings is 1. The molecule has 0 bridgehead atoms. The lowest BCUT2D eigenvalue weighted by atomic mass is 9.80. The number of nitrogens with zero attached hydrogens (tertiary/aromatic N) is 1. The van der Waals surface area contributed by atoms with Crippen molar-refractivity contribution in [2.24, 2.45) is 11.7 Å². The largest absolute Gasteiger partial charge is 0.323 e. The van der Waals surface area contributed by atoms with Gasteiger partial charge in [-0.25, -0.2) is 0 Å². The molecular weight excluding hydrogens is 220 g/mol. The van der Waals surface area contributed by atoms with Gasteiger partial charge in [0.15, 0.2) is 0 Å². The van der Waals surface area contributed by atoms with Crippen molar-refractivity contribution in [3.8, 4) is 0 Å². The second kappa shape index (κ2) is 4.67. The van der Waals surface area contributed by atoms with Crippen molar-refractivity contribution in [3.63, 3.8) is 0 Å². The Morgan fingerprint density at radius 1 is 1.17 bits per heavy atom. The highest BCUT2D eigenvalue weighted by Gasteiger charge is 2.41. The maximum atomic E-state index is 6.35. The van der Waals surface area contributed by atoms with E-state index in [9.17, 15) is 0 Å². The van der Waals surface area contributed by atoms with E-state index in [4.69, 9.17) is 5.73 Å². The third-order valence-corrected chi connectivity index (χ3v) is 4.41. The monoisotopic (exact) mass is 246 g/mol. The average Bonchev–Trinajstić information content (AvgIpc) is 2.19. The van der Waals surface area contributed by atoms with Gasteiger partial charge in [-0.1, -0.05) is 31.5 Å². The highest BCUT2D eigenvalue weighted by atomic mass is 15.2. The summed E-state index contributed by atoms with van der Waals surface area (Å²) in [6.07, 6.45) is 0. The van der Waals surface area contributed by atoms with Crippen molar-refractivity contribution in [2.75, 3.05) is 13.1 Å². The Morgan fingerprint density at radius 2 is 1.67 bits per heavy atom. The molecule has 0 saturated carbocycles. The third kappa shape index (κ3) is 2.45. The number of rotatable bonds is 3. The van der Waals surface area contributed by atoms with Crippen LogP contribution in [0, 0.1) is 26.7 Å². The van der Waals surface area contributed by atoms with Crippen LogP contribution in [0.4, 0.5) is 0 Å². The second-order valence-electron chi connectivity index (χ2n) is 6.41. The average molecular weight is 246 g/mol. The molecule has 100 valence electrons. The Hall–Kier alpha value is -0.860. The van der Waals surface area contributed by atoms with E-state index >= 15 is 0 Å². The van der Waals surface area contributed by atoms with Crippen molar-refractivity contribution < 1.29 is 0 Å². The van der Waals surface area contributed by atoms with Gasteiger partial charge in [0.25, 0.3) is 0 Å². The van der Waals surface area contributed by atoms with Gasteiger partial charge >= 0.3 is 0 Å². The van der Waals surface area contributed by atoms with Gasteiger partial charge in [0.2, 0.25) is 0 Å². The number of nitrogens with two attached hydrogens (primary N) is 1. The van der Waals surface area contributed by atoms with Gasteiger partial charge in [0, 0.05) is 25.2 Å². The maximum absolute atomic E-state index is 6.35. The first-order valence-electron chi connectivity index (χ1n) is 6.90. The molecule has 2 rings (SSSR count). The normalized spacial score (nSPS) is 19.1. The van der Waals surface area contributed by atoms with Crippen LogP contribution in [0.1, 0.15) is 36.1 Å². The van der Waals surface area contributed by atoms with Crippen LogP contribution in [0.25, 0.3) is 0 Å². The highest BCUT2D eigenvalue weighted by Crippen LogP contribution is 2.29. The minimum Gasteiger partial charge on any atom is -0.323 e. The van der Waals surface area contributed by atoms with Gasteiger partial charge in [-0.05, 0) is 43.4 Å². The fourth-order valence-corrected chi connectivity index (χ4v) is 2.95. The van der Waals surface area contributed by atoms with Gasteiger partial charge in [0.05, 0.1) is 0 Å². The molecule has 0 spiro atoms. The van der Waals surface area contributed by atoms with Crippen LogP contribution < -0.4 is 5.73 Å². The SMILES string of the molecule is Cc1cc(C)c(CN2CC(N)(C(C)C)C2)c(C)c1. The summed E-state index contributed by atoms with van der Waals surface area (Å²) in [5, 5.41) is 0. The van der Waals surface area contributed by atoms with E-state index in [-0.39, 0.29) is 5.54 Å². The Morgan fingerprint density at radius 3 is 2.11 bits per heavy atom. The summed E-state index contributed by atoms with van der Waals surface area (Å²) in [6, 6.07) is 4.56. The van der Waals surface area contributed by atoms with Crippen LogP contribution in [0.15, 0.2) is 12.1 Å². The van der Waals surface area contributed by atoms with Gasteiger partial charge in [0.1, 0.15) is 0 Å². The van der Waals surface area contributed by atoms with E-state index in [1.54, 1.807) is 0 Å². The van der Waals surface area contributed by atoms with Gasteiger partial charge in [-0.2, -0.15) is 0 Å². The van der Waals surface area contributed by atoms with E-state index in [1.165, 1.54) is 22.3 Å². The van der Waals surface area contributed by atoms with E-state index in [2.05, 4.69) is 51.7 Å². The molecule has 1 saturated heterocycles. The highest BCUT2D eigenvalue weighted by molar-refractivity contribution is 5.37. The summed E-state index contributed by atoms with van der Waals surface area (Å²) >= 11 is 0. The maximum Gasteiger partial charge on any atom is 0.0435 e. The summed E-state index contributed by atoms with van der Waals surface area (Å²) in [5.74, 6) is 0.564. The van der Waals surface area contributed by atoms with E-state index in [0.717, 1.165) is 19.6 Å². The molecule has 0 radical (unpaired) electrons. The van der Waals surface area contributed by atoms with Gasteiger partial charge < -0.3 is 5.73 Å². The van der Waals surface area contributed by atoms with Crippen molar-refractivity contribution >= 4 is 0 Å². The third-order valence-electron chi connectivity index (χ3n) is 4.41. The minimum atomic E-state index is 0.0342. The van der Waals surface area contributed by atoms with Crippen molar-refractivity contribution in [1.29, 1.82) is 0 Å². The fraction of sp³-hybridized carbons (Fsp3) is 0.625. The van der Waals surface area contributed by atoms with Crippen molar-refractivity contribution in [2.45, 2.75) is 46.7 Å². The predicted molar refractivity (Wildman–Crippen MR) is 77.7 cm³/mol. The molecule has 1 fully saturated rings. The first-order chi connectivity index (χ1) is 8.32. The molecule has 2 heteroatoms. The quantitative estimate of drug-likeness (QED) is 0.888. The van der Waals surface area contributed by atoms with Crippen molar-refractivity contribution in [3.05, 3.63) is 34.4 Å². The zero-order chi connectivity index (χ0) is 13.5. The molecule has 2 N–H and O–H groups in total. The molecule has 0 aliphatic carbocycles. The molecule has 1 heterocycles. The topological polar surface area (TPSA) is 29.3 Å². The molecular formula is C16H26N2. The lowest BCUT2D eigenvalue weighted by Crippen LogP contribution is -2.69.